The Hall–Kier alpha value is -1.20. The molecule has 0 fully saturated rings. The van der Waals surface area contributed by atoms with Crippen LogP contribution in [0.25, 0.3) is 0 Å². The summed E-state index contributed by atoms with van der Waals surface area (Å²) >= 11 is 3.09. The SMILES string of the molecule is CCc1occc1C(Cc1c(F)ccc(Br)c1F)NC. The highest BCUT2D eigenvalue weighted by Crippen LogP contribution is 2.28. The average molecular weight is 344 g/mol. The lowest BCUT2D eigenvalue weighted by molar-refractivity contribution is 0.483. The van der Waals surface area contributed by atoms with Gasteiger partial charge in [0.2, 0.25) is 0 Å². The molecule has 0 bridgehead atoms. The van der Waals surface area contributed by atoms with Crippen molar-refractivity contribution >= 4 is 15.9 Å². The van der Waals surface area contributed by atoms with Gasteiger partial charge in [-0.25, -0.2) is 8.78 Å². The molecule has 2 nitrogen and oxygen atoms in total. The molecular weight excluding hydrogens is 328 g/mol. The lowest BCUT2D eigenvalue weighted by atomic mass is 9.98. The number of halogens is 3. The van der Waals surface area contributed by atoms with Gasteiger partial charge in [0, 0.05) is 23.6 Å². The van der Waals surface area contributed by atoms with E-state index < -0.39 is 11.6 Å². The molecule has 2 rings (SSSR count). The molecule has 1 aromatic heterocycles. The molecule has 1 unspecified atom stereocenters. The molecule has 5 heteroatoms. The van der Waals surface area contributed by atoms with Gasteiger partial charge < -0.3 is 9.73 Å². The van der Waals surface area contributed by atoms with Crippen molar-refractivity contribution < 1.29 is 13.2 Å². The number of aryl methyl sites for hydroxylation is 1. The fourth-order valence-corrected chi connectivity index (χ4v) is 2.65. The second-order valence-electron chi connectivity index (χ2n) is 4.52. The van der Waals surface area contributed by atoms with Crippen LogP contribution in [0.15, 0.2) is 33.4 Å². The highest BCUT2D eigenvalue weighted by atomic mass is 79.9. The first-order valence-corrected chi connectivity index (χ1v) is 7.23. The lowest BCUT2D eigenvalue weighted by Gasteiger charge is -2.17. The summed E-state index contributed by atoms with van der Waals surface area (Å²) in [6, 6.07) is 4.29. The summed E-state index contributed by atoms with van der Waals surface area (Å²) in [5, 5.41) is 3.09. The predicted octanol–water partition coefficient (Wildman–Crippen LogP) is 4.39. The Labute approximate surface area is 125 Å². The van der Waals surface area contributed by atoms with Crippen molar-refractivity contribution in [1.82, 2.24) is 5.32 Å². The summed E-state index contributed by atoms with van der Waals surface area (Å²) in [5.41, 5.74) is 1.01. The van der Waals surface area contributed by atoms with Crippen LogP contribution < -0.4 is 5.32 Å². The van der Waals surface area contributed by atoms with E-state index in [2.05, 4.69) is 21.2 Å². The monoisotopic (exact) mass is 343 g/mol. The minimum Gasteiger partial charge on any atom is -0.469 e. The molecule has 0 aliphatic rings. The van der Waals surface area contributed by atoms with Crippen LogP contribution in [0, 0.1) is 11.6 Å². The standard InChI is InChI=1S/C15H16BrF2NO/c1-3-14-9(6-7-20-14)13(19-2)8-10-12(17)5-4-11(16)15(10)18/h4-7,13,19H,3,8H2,1-2H3. The van der Waals surface area contributed by atoms with Crippen LogP contribution >= 0.6 is 15.9 Å². The van der Waals surface area contributed by atoms with E-state index in [0.29, 0.717) is 0 Å². The molecule has 1 aromatic carbocycles. The van der Waals surface area contributed by atoms with Gasteiger partial charge in [0.1, 0.15) is 17.4 Å². The van der Waals surface area contributed by atoms with Crippen molar-refractivity contribution in [3.8, 4) is 0 Å². The normalized spacial score (nSPS) is 12.7. The van der Waals surface area contributed by atoms with Gasteiger partial charge in [0.15, 0.2) is 0 Å². The van der Waals surface area contributed by atoms with Gasteiger partial charge in [-0.3, -0.25) is 0 Å². The highest BCUT2D eigenvalue weighted by Gasteiger charge is 2.21. The molecule has 0 aliphatic carbocycles. The summed E-state index contributed by atoms with van der Waals surface area (Å²) in [6.07, 6.45) is 2.57. The Morgan fingerprint density at radius 1 is 1.30 bits per heavy atom. The third-order valence-electron chi connectivity index (χ3n) is 3.37. The Morgan fingerprint density at radius 3 is 2.70 bits per heavy atom. The van der Waals surface area contributed by atoms with Crippen LogP contribution in [-0.2, 0) is 12.8 Å². The number of rotatable bonds is 5. The maximum atomic E-state index is 14.0. The Balaban J connectivity index is 2.34. The second kappa shape index (κ2) is 6.50. The van der Waals surface area contributed by atoms with Crippen LogP contribution in [0.2, 0.25) is 0 Å². The van der Waals surface area contributed by atoms with E-state index in [1.54, 1.807) is 13.3 Å². The van der Waals surface area contributed by atoms with E-state index in [0.717, 1.165) is 17.7 Å². The molecule has 20 heavy (non-hydrogen) atoms. The maximum absolute atomic E-state index is 14.0. The molecule has 1 atom stereocenters. The lowest BCUT2D eigenvalue weighted by Crippen LogP contribution is -2.20. The van der Waals surface area contributed by atoms with Gasteiger partial charge in [0.25, 0.3) is 0 Å². The van der Waals surface area contributed by atoms with E-state index in [1.807, 2.05) is 13.0 Å². The second-order valence-corrected chi connectivity index (χ2v) is 5.37. The Kier molecular flexibility index (Phi) is 4.94. The molecule has 0 spiro atoms. The Bertz CT molecular complexity index is 598. The van der Waals surface area contributed by atoms with Crippen LogP contribution in [0.3, 0.4) is 0 Å². The van der Waals surface area contributed by atoms with Gasteiger partial charge >= 0.3 is 0 Å². The first kappa shape index (κ1) is 15.2. The van der Waals surface area contributed by atoms with E-state index >= 15 is 0 Å². The first-order chi connectivity index (χ1) is 9.58. The van der Waals surface area contributed by atoms with E-state index in [4.69, 9.17) is 4.42 Å². The van der Waals surface area contributed by atoms with Crippen LogP contribution in [0.5, 0.6) is 0 Å². The van der Waals surface area contributed by atoms with Crippen molar-refractivity contribution in [1.29, 1.82) is 0 Å². The van der Waals surface area contributed by atoms with Gasteiger partial charge in [-0.15, -0.1) is 0 Å². The van der Waals surface area contributed by atoms with Gasteiger partial charge in [-0.2, -0.15) is 0 Å². The van der Waals surface area contributed by atoms with Crippen molar-refractivity contribution in [3.63, 3.8) is 0 Å². The Morgan fingerprint density at radius 2 is 2.05 bits per heavy atom. The molecule has 1 N–H and O–H groups in total. The molecular formula is C15H16BrF2NO. The molecule has 0 aliphatic heterocycles. The van der Waals surface area contributed by atoms with Crippen LogP contribution in [-0.4, -0.2) is 7.05 Å². The first-order valence-electron chi connectivity index (χ1n) is 6.44. The molecule has 108 valence electrons. The van der Waals surface area contributed by atoms with Crippen molar-refractivity contribution in [2.75, 3.05) is 7.05 Å². The van der Waals surface area contributed by atoms with Crippen molar-refractivity contribution in [2.24, 2.45) is 0 Å². The van der Waals surface area contributed by atoms with Crippen LogP contribution in [0.4, 0.5) is 8.78 Å². The van der Waals surface area contributed by atoms with Gasteiger partial charge in [0.05, 0.1) is 10.7 Å². The zero-order valence-electron chi connectivity index (χ0n) is 11.3. The zero-order valence-corrected chi connectivity index (χ0v) is 12.9. The predicted molar refractivity (Wildman–Crippen MR) is 77.6 cm³/mol. The molecule has 1 heterocycles. The number of hydrogen-bond acceptors (Lipinski definition) is 2. The van der Waals surface area contributed by atoms with Crippen LogP contribution in [0.1, 0.15) is 29.9 Å². The van der Waals surface area contributed by atoms with E-state index in [-0.39, 0.29) is 22.5 Å². The third-order valence-corrected chi connectivity index (χ3v) is 3.98. The minimum absolute atomic E-state index is 0.0713. The van der Waals surface area contributed by atoms with Crippen molar-refractivity contribution in [2.45, 2.75) is 25.8 Å². The smallest absolute Gasteiger partial charge is 0.143 e. The summed E-state index contributed by atoms with van der Waals surface area (Å²) in [7, 11) is 1.77. The number of likely N-dealkylation sites (N-methyl/N-ethyl adjacent to an activating group) is 1. The highest BCUT2D eigenvalue weighted by molar-refractivity contribution is 9.10. The molecule has 2 aromatic rings. The largest absolute Gasteiger partial charge is 0.469 e. The van der Waals surface area contributed by atoms with E-state index in [1.165, 1.54) is 12.1 Å². The minimum atomic E-state index is -0.549. The van der Waals surface area contributed by atoms with Gasteiger partial charge in [-0.05, 0) is 47.6 Å². The summed E-state index contributed by atoms with van der Waals surface area (Å²) in [6.45, 7) is 1.98. The summed E-state index contributed by atoms with van der Waals surface area (Å²) in [4.78, 5) is 0. The van der Waals surface area contributed by atoms with Gasteiger partial charge in [-0.1, -0.05) is 6.92 Å². The number of nitrogens with one attached hydrogen (secondary N) is 1. The fraction of sp³-hybridized carbons (Fsp3) is 0.333. The molecule has 0 amide bonds. The third kappa shape index (κ3) is 2.94. The number of furan rings is 1. The summed E-state index contributed by atoms with van der Waals surface area (Å²) in [5.74, 6) is -0.251. The topological polar surface area (TPSA) is 25.2 Å². The molecule has 0 saturated heterocycles. The number of hydrogen-bond donors (Lipinski definition) is 1. The van der Waals surface area contributed by atoms with Crippen molar-refractivity contribution in [3.05, 3.63) is 57.5 Å². The summed E-state index contributed by atoms with van der Waals surface area (Å²) < 4.78 is 33.5. The molecule has 0 saturated carbocycles. The fourth-order valence-electron chi connectivity index (χ4n) is 2.28. The van der Waals surface area contributed by atoms with E-state index in [9.17, 15) is 8.78 Å². The quantitative estimate of drug-likeness (QED) is 0.814. The number of benzene rings is 1. The average Bonchev–Trinajstić information content (AvgIpc) is 2.92. The maximum Gasteiger partial charge on any atom is 0.143 e. The molecule has 0 radical (unpaired) electrons. The zero-order chi connectivity index (χ0) is 14.7.